The van der Waals surface area contributed by atoms with Crippen LogP contribution in [-0.4, -0.2) is 44.0 Å². The average molecular weight is 373 g/mol. The van der Waals surface area contributed by atoms with Crippen molar-refractivity contribution in [3.63, 3.8) is 0 Å². The molecule has 0 spiro atoms. The van der Waals surface area contributed by atoms with Crippen LogP contribution in [0.4, 0.5) is 0 Å². The summed E-state index contributed by atoms with van der Waals surface area (Å²) in [5.74, 6) is -3.02. The molecule has 0 fully saturated rings. The molecule has 0 aliphatic rings. The Balaban J connectivity index is 2.42. The number of phenolic OH excluding ortho intramolecular Hbond substituents is 1. The number of benzene rings is 2. The Morgan fingerprint density at radius 2 is 1.48 bits per heavy atom. The third-order valence-corrected chi connectivity index (χ3v) is 4.99. The maximum absolute atomic E-state index is 10.5. The van der Waals surface area contributed by atoms with E-state index in [2.05, 4.69) is 32.6 Å². The molecule has 1 unspecified atom stereocenters. The standard InChI is InChI=1S/C22H31NO4/c1-15(2)23(16(3)4)13-12-19(17-8-6-5-7-9-17)20-14-18(22(25,26)27)10-11-21(20)24/h5-11,14-16,19,24-27H,12-13H2,1-4H3. The monoisotopic (exact) mass is 373 g/mol. The fourth-order valence-electron chi connectivity index (χ4n) is 3.62. The first-order chi connectivity index (χ1) is 12.6. The van der Waals surface area contributed by atoms with E-state index in [1.165, 1.54) is 18.2 Å². The van der Waals surface area contributed by atoms with Crippen LogP contribution < -0.4 is 0 Å². The summed E-state index contributed by atoms with van der Waals surface area (Å²) in [5, 5.41) is 39.1. The molecule has 4 N–H and O–H groups in total. The van der Waals surface area contributed by atoms with Crippen molar-refractivity contribution in [3.05, 3.63) is 65.2 Å². The molecule has 2 aromatic rings. The summed E-state index contributed by atoms with van der Waals surface area (Å²) in [6.07, 6.45) is 0.743. The van der Waals surface area contributed by atoms with Gasteiger partial charge in [0.2, 0.25) is 0 Å². The molecule has 148 valence electrons. The highest BCUT2D eigenvalue weighted by molar-refractivity contribution is 5.44. The fraction of sp³-hybridized carbons (Fsp3) is 0.455. The van der Waals surface area contributed by atoms with Crippen LogP contribution in [0.25, 0.3) is 0 Å². The highest BCUT2D eigenvalue weighted by Gasteiger charge is 2.26. The van der Waals surface area contributed by atoms with Crippen molar-refractivity contribution in [2.24, 2.45) is 0 Å². The number of phenols is 1. The third-order valence-electron chi connectivity index (χ3n) is 4.99. The van der Waals surface area contributed by atoms with E-state index in [0.29, 0.717) is 17.6 Å². The molecule has 0 heterocycles. The fourth-order valence-corrected chi connectivity index (χ4v) is 3.62. The maximum atomic E-state index is 10.5. The molecule has 5 nitrogen and oxygen atoms in total. The van der Waals surface area contributed by atoms with Gasteiger partial charge in [-0.3, -0.25) is 4.90 Å². The molecule has 27 heavy (non-hydrogen) atoms. The van der Waals surface area contributed by atoms with Gasteiger partial charge in [-0.2, -0.15) is 0 Å². The molecule has 0 saturated heterocycles. The van der Waals surface area contributed by atoms with Crippen LogP contribution in [0.1, 0.15) is 56.7 Å². The average Bonchev–Trinajstić information content (AvgIpc) is 2.58. The maximum Gasteiger partial charge on any atom is 0.304 e. The lowest BCUT2D eigenvalue weighted by Crippen LogP contribution is -2.38. The summed E-state index contributed by atoms with van der Waals surface area (Å²) in [7, 11) is 0. The van der Waals surface area contributed by atoms with Crippen molar-refractivity contribution in [2.45, 2.75) is 58.1 Å². The Labute approximate surface area is 161 Å². The van der Waals surface area contributed by atoms with E-state index < -0.39 is 5.97 Å². The SMILES string of the molecule is CC(C)N(CCC(c1ccccc1)c1cc(C(O)(O)O)ccc1O)C(C)C. The molecule has 5 heteroatoms. The molecule has 0 saturated carbocycles. The molecular formula is C22H31NO4. The number of hydrogen-bond donors (Lipinski definition) is 4. The predicted molar refractivity (Wildman–Crippen MR) is 106 cm³/mol. The van der Waals surface area contributed by atoms with Gasteiger partial charge in [0.25, 0.3) is 0 Å². The lowest BCUT2D eigenvalue weighted by atomic mass is 9.86. The molecule has 1 atom stereocenters. The van der Waals surface area contributed by atoms with Crippen LogP contribution >= 0.6 is 0 Å². The number of nitrogens with zero attached hydrogens (tertiary/aromatic N) is 1. The Morgan fingerprint density at radius 1 is 0.889 bits per heavy atom. The largest absolute Gasteiger partial charge is 0.508 e. The van der Waals surface area contributed by atoms with Gasteiger partial charge >= 0.3 is 5.97 Å². The van der Waals surface area contributed by atoms with E-state index in [9.17, 15) is 20.4 Å². The van der Waals surface area contributed by atoms with E-state index in [4.69, 9.17) is 0 Å². The highest BCUT2D eigenvalue weighted by Crippen LogP contribution is 2.36. The van der Waals surface area contributed by atoms with Crippen LogP contribution in [0.15, 0.2) is 48.5 Å². The second-order valence-corrected chi connectivity index (χ2v) is 7.59. The molecule has 0 aromatic heterocycles. The van der Waals surface area contributed by atoms with Crippen LogP contribution in [-0.2, 0) is 5.97 Å². The first kappa shape index (κ1) is 21.4. The van der Waals surface area contributed by atoms with Crippen LogP contribution in [0.2, 0.25) is 0 Å². The topological polar surface area (TPSA) is 84.2 Å². The van der Waals surface area contributed by atoms with E-state index in [-0.39, 0.29) is 17.2 Å². The van der Waals surface area contributed by atoms with Gasteiger partial charge in [0, 0.05) is 29.1 Å². The van der Waals surface area contributed by atoms with Crippen molar-refractivity contribution in [1.29, 1.82) is 0 Å². The number of aliphatic hydroxyl groups is 3. The van der Waals surface area contributed by atoms with Gasteiger partial charge in [0.1, 0.15) is 5.75 Å². The van der Waals surface area contributed by atoms with Crippen molar-refractivity contribution in [3.8, 4) is 5.75 Å². The normalized spacial score (nSPS) is 13.6. The van der Waals surface area contributed by atoms with Gasteiger partial charge in [-0.1, -0.05) is 30.3 Å². The molecule has 0 bridgehead atoms. The summed E-state index contributed by atoms with van der Waals surface area (Å²) in [6.45, 7) is 9.46. The Hall–Kier alpha value is -1.92. The zero-order chi connectivity index (χ0) is 20.2. The Morgan fingerprint density at radius 3 is 2.00 bits per heavy atom. The van der Waals surface area contributed by atoms with Crippen LogP contribution in [0, 0.1) is 0 Å². The summed E-state index contributed by atoms with van der Waals surface area (Å²) >= 11 is 0. The summed E-state index contributed by atoms with van der Waals surface area (Å²) in [6, 6.07) is 14.7. The second-order valence-electron chi connectivity index (χ2n) is 7.59. The molecule has 2 rings (SSSR count). The second kappa shape index (κ2) is 8.85. The number of rotatable bonds is 8. The van der Waals surface area contributed by atoms with Gasteiger partial charge in [0.05, 0.1) is 0 Å². The summed E-state index contributed by atoms with van der Waals surface area (Å²) < 4.78 is 0. The number of hydrogen-bond acceptors (Lipinski definition) is 5. The Bertz CT molecular complexity index is 715. The van der Waals surface area contributed by atoms with E-state index in [1.54, 1.807) is 0 Å². The van der Waals surface area contributed by atoms with E-state index in [0.717, 1.165) is 18.5 Å². The molecule has 2 aromatic carbocycles. The van der Waals surface area contributed by atoms with Gasteiger partial charge in [0.15, 0.2) is 0 Å². The minimum atomic E-state index is -2.94. The Kier molecular flexibility index (Phi) is 7.00. The number of aromatic hydroxyl groups is 1. The third kappa shape index (κ3) is 5.53. The zero-order valence-electron chi connectivity index (χ0n) is 16.5. The minimum absolute atomic E-state index is 0.0671. The molecule has 0 aliphatic carbocycles. The van der Waals surface area contributed by atoms with E-state index >= 15 is 0 Å². The van der Waals surface area contributed by atoms with Crippen molar-refractivity contribution >= 4 is 0 Å². The zero-order valence-corrected chi connectivity index (χ0v) is 16.5. The smallest absolute Gasteiger partial charge is 0.304 e. The lowest BCUT2D eigenvalue weighted by molar-refractivity contribution is -0.323. The van der Waals surface area contributed by atoms with Crippen molar-refractivity contribution in [1.82, 2.24) is 4.90 Å². The molecule has 0 radical (unpaired) electrons. The summed E-state index contributed by atoms with van der Waals surface area (Å²) in [4.78, 5) is 2.38. The van der Waals surface area contributed by atoms with Gasteiger partial charge < -0.3 is 20.4 Å². The predicted octanol–water partition coefficient (Wildman–Crippen LogP) is 3.12. The molecule has 0 amide bonds. The van der Waals surface area contributed by atoms with Gasteiger partial charge in [-0.25, -0.2) is 0 Å². The van der Waals surface area contributed by atoms with E-state index in [1.807, 2.05) is 30.3 Å². The first-order valence-corrected chi connectivity index (χ1v) is 9.42. The van der Waals surface area contributed by atoms with Gasteiger partial charge in [-0.05, 0) is 64.4 Å². The molecular weight excluding hydrogens is 342 g/mol. The van der Waals surface area contributed by atoms with Crippen molar-refractivity contribution in [2.75, 3.05) is 6.54 Å². The minimum Gasteiger partial charge on any atom is -0.508 e. The van der Waals surface area contributed by atoms with Gasteiger partial charge in [-0.15, -0.1) is 0 Å². The van der Waals surface area contributed by atoms with Crippen LogP contribution in [0.3, 0.4) is 0 Å². The molecule has 0 aliphatic heterocycles. The van der Waals surface area contributed by atoms with Crippen LogP contribution in [0.5, 0.6) is 5.75 Å². The lowest BCUT2D eigenvalue weighted by Gasteiger charge is -2.32. The quantitative estimate of drug-likeness (QED) is 0.534. The van der Waals surface area contributed by atoms with Crippen molar-refractivity contribution < 1.29 is 20.4 Å². The summed E-state index contributed by atoms with van der Waals surface area (Å²) in [5.41, 5.74) is 1.52. The highest BCUT2D eigenvalue weighted by atomic mass is 16.7. The first-order valence-electron chi connectivity index (χ1n) is 9.42.